The average Bonchev–Trinajstić information content (AvgIpc) is 2.44. The van der Waals surface area contributed by atoms with E-state index in [4.69, 9.17) is 5.73 Å². The normalized spacial score (nSPS) is 12.2. The highest BCUT2D eigenvalue weighted by Crippen LogP contribution is 2.14. The minimum Gasteiger partial charge on any atom is -0.325 e. The summed E-state index contributed by atoms with van der Waals surface area (Å²) in [6.45, 7) is 2.22. The lowest BCUT2D eigenvalue weighted by Gasteiger charge is -2.12. The van der Waals surface area contributed by atoms with Crippen LogP contribution in [0, 0.1) is 0 Å². The first kappa shape index (κ1) is 17.1. The van der Waals surface area contributed by atoms with E-state index in [2.05, 4.69) is 33.6 Å². The van der Waals surface area contributed by atoms with Crippen molar-refractivity contribution in [1.82, 2.24) is 0 Å². The molecule has 0 aliphatic heterocycles. The Hall–Kier alpha value is -0.920. The molecule has 0 heterocycles. The number of hydrogen-bond donors (Lipinski definition) is 2. The molecule has 3 N–H and O–H groups in total. The van der Waals surface area contributed by atoms with Gasteiger partial charge in [0.05, 0.1) is 6.04 Å². The van der Waals surface area contributed by atoms with Crippen molar-refractivity contribution in [2.45, 2.75) is 51.5 Å². The number of amides is 1. The lowest BCUT2D eigenvalue weighted by molar-refractivity contribution is -0.117. The summed E-state index contributed by atoms with van der Waals surface area (Å²) in [7, 11) is 2.59. The average molecular weight is 294 g/mol. The van der Waals surface area contributed by atoms with Gasteiger partial charge in [0.15, 0.2) is 0 Å². The predicted octanol–water partition coefficient (Wildman–Crippen LogP) is 3.34. The van der Waals surface area contributed by atoms with Gasteiger partial charge in [-0.25, -0.2) is 0 Å². The molecule has 0 fully saturated rings. The molecule has 1 aromatic carbocycles. The molecule has 0 bridgehead atoms. The Kier molecular flexibility index (Phi) is 8.48. The number of carbonyl (C=O) groups excluding carboxylic acids is 1. The van der Waals surface area contributed by atoms with E-state index in [0.717, 1.165) is 18.3 Å². The zero-order chi connectivity index (χ0) is 14.8. The smallest absolute Gasteiger partial charge is 0.241 e. The third-order valence-electron chi connectivity index (χ3n) is 3.33. The summed E-state index contributed by atoms with van der Waals surface area (Å²) in [4.78, 5) is 11.9. The van der Waals surface area contributed by atoms with Gasteiger partial charge >= 0.3 is 0 Å². The highest BCUT2D eigenvalue weighted by Gasteiger charge is 2.12. The molecule has 0 radical (unpaired) electrons. The van der Waals surface area contributed by atoms with Crippen LogP contribution in [0.15, 0.2) is 24.3 Å². The largest absolute Gasteiger partial charge is 0.325 e. The SMILES string of the molecule is CCCCCCc1cccc(NC(=O)C(N)CCP)c1. The third kappa shape index (κ3) is 6.49. The van der Waals surface area contributed by atoms with Crippen LogP contribution in [-0.2, 0) is 11.2 Å². The molecule has 20 heavy (non-hydrogen) atoms. The number of nitrogens with one attached hydrogen (secondary N) is 1. The molecule has 112 valence electrons. The van der Waals surface area contributed by atoms with E-state index in [1.54, 1.807) is 0 Å². The summed E-state index contributed by atoms with van der Waals surface area (Å²) in [6.07, 6.45) is 7.62. The molecule has 1 amide bonds. The fourth-order valence-corrected chi connectivity index (χ4v) is 2.47. The topological polar surface area (TPSA) is 55.1 Å². The van der Waals surface area contributed by atoms with Crippen molar-refractivity contribution in [2.75, 3.05) is 11.5 Å². The Balaban J connectivity index is 2.48. The van der Waals surface area contributed by atoms with Crippen LogP contribution in [0.2, 0.25) is 0 Å². The quantitative estimate of drug-likeness (QED) is 0.542. The van der Waals surface area contributed by atoms with Crippen LogP contribution in [0.25, 0.3) is 0 Å². The monoisotopic (exact) mass is 294 g/mol. The van der Waals surface area contributed by atoms with Crippen LogP contribution < -0.4 is 11.1 Å². The van der Waals surface area contributed by atoms with E-state index in [9.17, 15) is 4.79 Å². The highest BCUT2D eigenvalue weighted by molar-refractivity contribution is 7.16. The first-order valence-corrected chi connectivity index (χ1v) is 8.34. The van der Waals surface area contributed by atoms with Crippen LogP contribution in [0.1, 0.15) is 44.6 Å². The van der Waals surface area contributed by atoms with E-state index < -0.39 is 6.04 Å². The molecule has 2 unspecified atom stereocenters. The fraction of sp³-hybridized carbons (Fsp3) is 0.562. The van der Waals surface area contributed by atoms with Gasteiger partial charge in [-0.2, -0.15) is 0 Å². The first-order chi connectivity index (χ1) is 9.67. The number of benzene rings is 1. The summed E-state index contributed by atoms with van der Waals surface area (Å²) >= 11 is 0. The third-order valence-corrected chi connectivity index (χ3v) is 3.66. The molecular weight excluding hydrogens is 267 g/mol. The van der Waals surface area contributed by atoms with E-state index in [-0.39, 0.29) is 5.91 Å². The van der Waals surface area contributed by atoms with Gasteiger partial charge in [0.2, 0.25) is 5.91 Å². The number of unbranched alkanes of at least 4 members (excludes halogenated alkanes) is 3. The van der Waals surface area contributed by atoms with E-state index in [1.165, 1.54) is 31.2 Å². The van der Waals surface area contributed by atoms with Gasteiger partial charge in [0, 0.05) is 5.69 Å². The van der Waals surface area contributed by atoms with Crippen LogP contribution in [0.3, 0.4) is 0 Å². The minimum atomic E-state index is -0.430. The maximum atomic E-state index is 11.9. The standard InChI is InChI=1S/C16H27N2OP/c1-2-3-4-5-7-13-8-6-9-14(12-13)18-16(19)15(17)10-11-20/h6,8-9,12,15H,2-5,7,10-11,17,20H2,1H3,(H,18,19). The molecule has 0 spiro atoms. The molecule has 2 atom stereocenters. The van der Waals surface area contributed by atoms with Crippen LogP contribution in [-0.4, -0.2) is 18.1 Å². The zero-order valence-electron chi connectivity index (χ0n) is 12.4. The van der Waals surface area contributed by atoms with Crippen molar-refractivity contribution in [3.05, 3.63) is 29.8 Å². The van der Waals surface area contributed by atoms with Crippen molar-refractivity contribution >= 4 is 20.8 Å². The van der Waals surface area contributed by atoms with Gasteiger partial charge in [-0.1, -0.05) is 38.3 Å². The zero-order valence-corrected chi connectivity index (χ0v) is 13.6. The number of nitrogens with two attached hydrogens (primary N) is 1. The van der Waals surface area contributed by atoms with Crippen LogP contribution in [0.5, 0.6) is 0 Å². The van der Waals surface area contributed by atoms with Gasteiger partial charge in [0.25, 0.3) is 0 Å². The lowest BCUT2D eigenvalue weighted by atomic mass is 10.1. The molecular formula is C16H27N2OP. The van der Waals surface area contributed by atoms with E-state index in [1.807, 2.05) is 12.1 Å². The van der Waals surface area contributed by atoms with Gasteiger partial charge < -0.3 is 11.1 Å². The second-order valence-electron chi connectivity index (χ2n) is 5.18. The van der Waals surface area contributed by atoms with Gasteiger partial charge in [-0.3, -0.25) is 4.79 Å². The van der Waals surface area contributed by atoms with E-state index >= 15 is 0 Å². The van der Waals surface area contributed by atoms with Gasteiger partial charge in [-0.05, 0) is 43.1 Å². The summed E-state index contributed by atoms with van der Waals surface area (Å²) < 4.78 is 0. The Bertz CT molecular complexity index is 409. The Morgan fingerprint density at radius 2 is 2.15 bits per heavy atom. The Morgan fingerprint density at radius 1 is 1.35 bits per heavy atom. The fourth-order valence-electron chi connectivity index (χ4n) is 2.11. The van der Waals surface area contributed by atoms with Gasteiger partial charge in [-0.15, -0.1) is 9.24 Å². The number of rotatable bonds is 9. The van der Waals surface area contributed by atoms with Crippen LogP contribution >= 0.6 is 9.24 Å². The summed E-state index contributed by atoms with van der Waals surface area (Å²) in [6, 6.07) is 7.65. The molecule has 4 heteroatoms. The number of aryl methyl sites for hydroxylation is 1. The highest BCUT2D eigenvalue weighted by atomic mass is 31.0. The molecule has 3 nitrogen and oxygen atoms in total. The van der Waals surface area contributed by atoms with Gasteiger partial charge in [0.1, 0.15) is 0 Å². The molecule has 1 rings (SSSR count). The van der Waals surface area contributed by atoms with Crippen molar-refractivity contribution in [3.8, 4) is 0 Å². The van der Waals surface area contributed by atoms with E-state index in [0.29, 0.717) is 6.42 Å². The molecule has 0 saturated carbocycles. The van der Waals surface area contributed by atoms with Crippen molar-refractivity contribution in [3.63, 3.8) is 0 Å². The van der Waals surface area contributed by atoms with Crippen molar-refractivity contribution in [1.29, 1.82) is 0 Å². The summed E-state index contributed by atoms with van der Waals surface area (Å²) in [5.41, 5.74) is 7.93. The summed E-state index contributed by atoms with van der Waals surface area (Å²) in [5.74, 6) is -0.101. The predicted molar refractivity (Wildman–Crippen MR) is 90.1 cm³/mol. The second-order valence-corrected chi connectivity index (χ2v) is 5.76. The number of hydrogen-bond acceptors (Lipinski definition) is 2. The number of anilines is 1. The first-order valence-electron chi connectivity index (χ1n) is 7.52. The van der Waals surface area contributed by atoms with Crippen LogP contribution in [0.4, 0.5) is 5.69 Å². The maximum Gasteiger partial charge on any atom is 0.241 e. The molecule has 0 saturated heterocycles. The molecule has 0 aliphatic rings. The summed E-state index contributed by atoms with van der Waals surface area (Å²) in [5, 5.41) is 2.90. The Morgan fingerprint density at radius 3 is 2.85 bits per heavy atom. The Labute approximate surface area is 124 Å². The lowest BCUT2D eigenvalue weighted by Crippen LogP contribution is -2.35. The molecule has 0 aromatic heterocycles. The second kappa shape index (κ2) is 9.90. The number of carbonyl (C=O) groups is 1. The maximum absolute atomic E-state index is 11.9. The van der Waals surface area contributed by atoms with Crippen molar-refractivity contribution in [2.24, 2.45) is 5.73 Å². The molecule has 1 aromatic rings. The minimum absolute atomic E-state index is 0.101. The van der Waals surface area contributed by atoms with Crippen molar-refractivity contribution < 1.29 is 4.79 Å². The molecule has 0 aliphatic carbocycles.